The number of benzene rings is 1. The van der Waals surface area contributed by atoms with Crippen LogP contribution < -0.4 is 15.0 Å². The molecule has 4 atom stereocenters. The predicted octanol–water partition coefficient (Wildman–Crippen LogP) is 6.48. The highest BCUT2D eigenvalue weighted by Crippen LogP contribution is 2.48. The predicted molar refractivity (Wildman–Crippen MR) is 149 cm³/mol. The molecule has 0 saturated heterocycles. The van der Waals surface area contributed by atoms with Gasteiger partial charge in [-0.2, -0.15) is 0 Å². The number of carbonyl (C=O) groups is 2. The van der Waals surface area contributed by atoms with Gasteiger partial charge in [0, 0.05) is 29.8 Å². The summed E-state index contributed by atoms with van der Waals surface area (Å²) in [6.07, 6.45) is 5.88. The summed E-state index contributed by atoms with van der Waals surface area (Å²) in [7, 11) is 0. The molecule has 1 N–H and O–H groups in total. The van der Waals surface area contributed by atoms with Crippen LogP contribution in [0.2, 0.25) is 0 Å². The van der Waals surface area contributed by atoms with Gasteiger partial charge in [0.05, 0.1) is 18.8 Å². The van der Waals surface area contributed by atoms with Crippen molar-refractivity contribution >= 4 is 17.7 Å². The van der Waals surface area contributed by atoms with Gasteiger partial charge < -0.3 is 19.7 Å². The Balaban J connectivity index is 1.53. The highest BCUT2D eigenvalue weighted by Gasteiger charge is 2.47. The number of aromatic nitrogens is 1. The normalized spacial score (nSPS) is 20.4. The Kier molecular flexibility index (Phi) is 9.13. The van der Waals surface area contributed by atoms with E-state index in [-0.39, 0.29) is 29.7 Å². The zero-order chi connectivity index (χ0) is 28.2. The molecule has 1 aromatic heterocycles. The summed E-state index contributed by atoms with van der Waals surface area (Å²) in [6.45, 7) is 10.6. The van der Waals surface area contributed by atoms with E-state index in [2.05, 4.69) is 24.1 Å². The number of carbonyl (C=O) groups excluding carboxylic acids is 2. The van der Waals surface area contributed by atoms with E-state index >= 15 is 0 Å². The Hall–Kier alpha value is -3.16. The molecule has 1 aromatic carbocycles. The van der Waals surface area contributed by atoms with Gasteiger partial charge in [-0.15, -0.1) is 0 Å². The van der Waals surface area contributed by atoms with E-state index in [1.54, 1.807) is 11.0 Å². The maximum atomic E-state index is 13.9. The minimum absolute atomic E-state index is 0.0337. The van der Waals surface area contributed by atoms with E-state index in [1.165, 1.54) is 31.5 Å². The van der Waals surface area contributed by atoms with E-state index in [0.717, 1.165) is 23.6 Å². The lowest BCUT2D eigenvalue weighted by Crippen LogP contribution is -2.50. The van der Waals surface area contributed by atoms with Gasteiger partial charge in [-0.1, -0.05) is 26.7 Å². The Labute approximate surface area is 231 Å². The number of amides is 2. The Morgan fingerprint density at radius 2 is 1.87 bits per heavy atom. The number of alkyl carbamates (subject to hydrolysis) is 1. The number of ether oxygens (including phenoxy) is 2. The highest BCUT2D eigenvalue weighted by atomic mass is 19.1. The van der Waals surface area contributed by atoms with E-state index in [9.17, 15) is 14.0 Å². The minimum Gasteiger partial charge on any atom is -0.493 e. The first kappa shape index (κ1) is 28.8. The molecule has 0 aliphatic heterocycles. The van der Waals surface area contributed by atoms with Gasteiger partial charge in [-0.25, -0.2) is 9.18 Å². The minimum atomic E-state index is -0.627. The number of nitrogens with zero attached hydrogens (tertiary/aromatic N) is 2. The molecule has 2 aromatic rings. The molecule has 2 amide bonds. The molecule has 212 valence electrons. The summed E-state index contributed by atoms with van der Waals surface area (Å²) in [5.74, 6) is 0.782. The molecule has 0 radical (unpaired) electrons. The largest absolute Gasteiger partial charge is 0.493 e. The third-order valence-electron chi connectivity index (χ3n) is 7.77. The summed E-state index contributed by atoms with van der Waals surface area (Å²) in [5, 5.41) is 3.01. The average molecular weight is 540 g/mol. The van der Waals surface area contributed by atoms with Crippen molar-refractivity contribution in [2.75, 3.05) is 18.1 Å². The number of hydrogen-bond acceptors (Lipinski definition) is 5. The van der Waals surface area contributed by atoms with Crippen LogP contribution in [-0.4, -0.2) is 41.8 Å². The molecular weight excluding hydrogens is 497 g/mol. The Morgan fingerprint density at radius 1 is 1.15 bits per heavy atom. The molecule has 2 fully saturated rings. The van der Waals surface area contributed by atoms with E-state index in [1.807, 2.05) is 45.0 Å². The van der Waals surface area contributed by atoms with Crippen LogP contribution in [0.1, 0.15) is 78.3 Å². The van der Waals surface area contributed by atoms with E-state index in [0.29, 0.717) is 25.5 Å². The second-order valence-electron chi connectivity index (χ2n) is 12.0. The SMILES string of the molecule is CC[C@H](C)[C@@H](CN(C(=O)C1CC1c1ccc(F)cn1)c1ccc(OCC2CCC2)cc1)NC(=O)OC(C)(C)C. The molecular formula is C31H42FN3O4. The smallest absolute Gasteiger partial charge is 0.407 e. The van der Waals surface area contributed by atoms with Crippen LogP contribution in [0.4, 0.5) is 14.9 Å². The topological polar surface area (TPSA) is 80.8 Å². The van der Waals surface area contributed by atoms with Crippen LogP contribution in [0.3, 0.4) is 0 Å². The first-order chi connectivity index (χ1) is 18.5. The van der Waals surface area contributed by atoms with Crippen LogP contribution in [0.15, 0.2) is 42.6 Å². The fourth-order valence-electron chi connectivity index (χ4n) is 4.83. The maximum absolute atomic E-state index is 13.9. The van der Waals surface area contributed by atoms with Crippen molar-refractivity contribution in [3.63, 3.8) is 0 Å². The molecule has 2 unspecified atom stereocenters. The number of anilines is 1. The molecule has 0 spiro atoms. The summed E-state index contributed by atoms with van der Waals surface area (Å²) in [6, 6.07) is 10.3. The van der Waals surface area contributed by atoms with Crippen molar-refractivity contribution in [3.8, 4) is 5.75 Å². The standard InChI is InChI=1S/C31H42FN3O4/c1-6-20(2)28(34-30(37)39-31(3,4)5)18-35(23-11-13-24(14-12-23)38-19-21-8-7-9-21)29(36)26-16-25(26)27-15-10-22(32)17-33-27/h10-15,17,20-21,25-26,28H,6-9,16,18-19H2,1-5H3,(H,34,37)/t20-,25?,26?,28+/m0/s1. The van der Waals surface area contributed by atoms with Crippen LogP contribution in [-0.2, 0) is 9.53 Å². The second-order valence-corrected chi connectivity index (χ2v) is 12.0. The van der Waals surface area contributed by atoms with Crippen molar-refractivity contribution in [3.05, 3.63) is 54.1 Å². The molecule has 2 saturated carbocycles. The van der Waals surface area contributed by atoms with Crippen LogP contribution in [0.5, 0.6) is 5.75 Å². The third-order valence-corrected chi connectivity index (χ3v) is 7.77. The molecule has 2 aliphatic carbocycles. The Bertz CT molecular complexity index is 1110. The zero-order valence-electron chi connectivity index (χ0n) is 23.8. The van der Waals surface area contributed by atoms with E-state index < -0.39 is 17.5 Å². The van der Waals surface area contributed by atoms with Crippen molar-refractivity contribution in [1.29, 1.82) is 0 Å². The molecule has 2 aliphatic rings. The third kappa shape index (κ3) is 7.93. The van der Waals surface area contributed by atoms with Gasteiger partial charge in [-0.05, 0) is 88.3 Å². The quantitative estimate of drug-likeness (QED) is 0.354. The number of pyridine rings is 1. The van der Waals surface area contributed by atoms with Crippen LogP contribution in [0, 0.1) is 23.6 Å². The monoisotopic (exact) mass is 539 g/mol. The van der Waals surface area contributed by atoms with Crippen molar-refractivity contribution in [2.45, 2.75) is 84.3 Å². The molecule has 4 rings (SSSR count). The molecule has 0 bridgehead atoms. The van der Waals surface area contributed by atoms with Crippen molar-refractivity contribution in [1.82, 2.24) is 10.3 Å². The first-order valence-corrected chi connectivity index (χ1v) is 14.2. The summed E-state index contributed by atoms with van der Waals surface area (Å²) in [4.78, 5) is 32.6. The summed E-state index contributed by atoms with van der Waals surface area (Å²) >= 11 is 0. The van der Waals surface area contributed by atoms with Crippen LogP contribution in [0.25, 0.3) is 0 Å². The highest BCUT2D eigenvalue weighted by molar-refractivity contribution is 5.97. The van der Waals surface area contributed by atoms with Gasteiger partial charge >= 0.3 is 6.09 Å². The molecule has 1 heterocycles. The lowest BCUT2D eigenvalue weighted by molar-refractivity contribution is -0.120. The average Bonchev–Trinajstić information content (AvgIpc) is 3.65. The maximum Gasteiger partial charge on any atom is 0.407 e. The summed E-state index contributed by atoms with van der Waals surface area (Å²) in [5.41, 5.74) is 0.839. The number of hydrogen-bond donors (Lipinski definition) is 1. The number of halogens is 1. The second kappa shape index (κ2) is 12.3. The van der Waals surface area contributed by atoms with Gasteiger partial charge in [0.2, 0.25) is 5.91 Å². The van der Waals surface area contributed by atoms with Crippen LogP contribution >= 0.6 is 0 Å². The summed E-state index contributed by atoms with van der Waals surface area (Å²) < 4.78 is 24.9. The first-order valence-electron chi connectivity index (χ1n) is 14.2. The van der Waals surface area contributed by atoms with Gasteiger partial charge in [0.1, 0.15) is 17.2 Å². The molecule has 7 nitrogen and oxygen atoms in total. The lowest BCUT2D eigenvalue weighted by Gasteiger charge is -2.32. The zero-order valence-corrected chi connectivity index (χ0v) is 23.8. The van der Waals surface area contributed by atoms with Gasteiger partial charge in [-0.3, -0.25) is 9.78 Å². The van der Waals surface area contributed by atoms with Crippen molar-refractivity contribution in [2.24, 2.45) is 17.8 Å². The van der Waals surface area contributed by atoms with Gasteiger partial charge in [0.15, 0.2) is 0 Å². The number of nitrogens with one attached hydrogen (secondary N) is 1. The fraction of sp³-hybridized carbons (Fsp3) is 0.581. The molecule has 8 heteroatoms. The van der Waals surface area contributed by atoms with Crippen molar-refractivity contribution < 1.29 is 23.5 Å². The van der Waals surface area contributed by atoms with E-state index in [4.69, 9.17) is 9.47 Å². The molecule has 39 heavy (non-hydrogen) atoms. The number of rotatable bonds is 11. The van der Waals surface area contributed by atoms with Gasteiger partial charge in [0.25, 0.3) is 0 Å². The Morgan fingerprint density at radius 3 is 2.44 bits per heavy atom. The lowest BCUT2D eigenvalue weighted by atomic mass is 9.86. The fourth-order valence-corrected chi connectivity index (χ4v) is 4.83.